The van der Waals surface area contributed by atoms with E-state index in [1.54, 1.807) is 14.2 Å². The number of aryl methyl sites for hydroxylation is 1. The molecule has 5 nitrogen and oxygen atoms in total. The second-order valence-corrected chi connectivity index (χ2v) is 4.02. The van der Waals surface area contributed by atoms with Crippen LogP contribution in [0.25, 0.3) is 11.3 Å². The van der Waals surface area contributed by atoms with Gasteiger partial charge in [-0.1, -0.05) is 0 Å². The van der Waals surface area contributed by atoms with E-state index in [4.69, 9.17) is 15.2 Å². The van der Waals surface area contributed by atoms with Crippen molar-refractivity contribution >= 4 is 5.82 Å². The number of nitrogens with two attached hydrogens (primary N) is 1. The molecule has 2 N–H and O–H groups in total. The largest absolute Gasteiger partial charge is 0.497 e. The fourth-order valence-electron chi connectivity index (χ4n) is 1.82. The fraction of sp³-hybridized carbons (Fsp3) is 0.308. The van der Waals surface area contributed by atoms with Crippen molar-refractivity contribution in [3.05, 3.63) is 24.0 Å². The van der Waals surface area contributed by atoms with E-state index >= 15 is 0 Å². The van der Waals surface area contributed by atoms with Crippen LogP contribution in [0.3, 0.4) is 0 Å². The third-order valence-corrected chi connectivity index (χ3v) is 3.02. The summed E-state index contributed by atoms with van der Waals surface area (Å²) in [4.78, 5) is 4.47. The first-order valence-electron chi connectivity index (χ1n) is 5.59. The Morgan fingerprint density at radius 2 is 1.94 bits per heavy atom. The summed E-state index contributed by atoms with van der Waals surface area (Å²) in [5.74, 6) is 2.93. The van der Waals surface area contributed by atoms with Crippen LogP contribution in [0.5, 0.6) is 11.5 Å². The van der Waals surface area contributed by atoms with Gasteiger partial charge in [-0.25, -0.2) is 4.98 Å². The van der Waals surface area contributed by atoms with Crippen molar-refractivity contribution in [3.8, 4) is 22.8 Å². The van der Waals surface area contributed by atoms with Crippen LogP contribution in [-0.4, -0.2) is 23.8 Å². The molecule has 0 saturated heterocycles. The monoisotopic (exact) mass is 247 g/mol. The van der Waals surface area contributed by atoms with E-state index in [1.165, 1.54) is 0 Å². The standard InChI is InChI=1S/C13H17N3O2/c1-8-15-12(13(14)16(8)2)10-7-9(17-3)5-6-11(10)18-4/h5-7H,14H2,1-4H3. The van der Waals surface area contributed by atoms with E-state index in [0.717, 1.165) is 22.9 Å². The van der Waals surface area contributed by atoms with Gasteiger partial charge in [-0.2, -0.15) is 0 Å². The van der Waals surface area contributed by atoms with Gasteiger partial charge in [-0.05, 0) is 25.1 Å². The molecule has 0 saturated carbocycles. The van der Waals surface area contributed by atoms with Crippen molar-refractivity contribution in [1.29, 1.82) is 0 Å². The zero-order valence-electron chi connectivity index (χ0n) is 11.0. The number of imidazole rings is 1. The lowest BCUT2D eigenvalue weighted by molar-refractivity contribution is 0.404. The van der Waals surface area contributed by atoms with E-state index in [1.807, 2.05) is 36.7 Å². The molecule has 0 bridgehead atoms. The maximum atomic E-state index is 6.05. The molecule has 5 heteroatoms. The van der Waals surface area contributed by atoms with Gasteiger partial charge in [0.2, 0.25) is 0 Å². The first-order chi connectivity index (χ1) is 8.58. The summed E-state index contributed by atoms with van der Waals surface area (Å²) in [5, 5.41) is 0. The molecule has 1 heterocycles. The van der Waals surface area contributed by atoms with Gasteiger partial charge in [0.1, 0.15) is 28.8 Å². The number of hydrogen-bond acceptors (Lipinski definition) is 4. The zero-order valence-corrected chi connectivity index (χ0v) is 11.0. The highest BCUT2D eigenvalue weighted by molar-refractivity contribution is 5.77. The van der Waals surface area contributed by atoms with Gasteiger partial charge in [0.05, 0.1) is 14.2 Å². The highest BCUT2D eigenvalue weighted by Crippen LogP contribution is 2.35. The summed E-state index contributed by atoms with van der Waals surface area (Å²) in [7, 11) is 5.13. The third kappa shape index (κ3) is 1.88. The summed E-state index contributed by atoms with van der Waals surface area (Å²) < 4.78 is 12.4. The van der Waals surface area contributed by atoms with Crippen LogP contribution < -0.4 is 15.2 Å². The Morgan fingerprint density at radius 3 is 2.44 bits per heavy atom. The highest BCUT2D eigenvalue weighted by atomic mass is 16.5. The number of nitrogens with zero attached hydrogens (tertiary/aromatic N) is 2. The van der Waals surface area contributed by atoms with Gasteiger partial charge in [-0.3, -0.25) is 0 Å². The first-order valence-corrected chi connectivity index (χ1v) is 5.59. The van der Waals surface area contributed by atoms with Crippen LogP contribution >= 0.6 is 0 Å². The molecule has 0 amide bonds. The smallest absolute Gasteiger partial charge is 0.131 e. The van der Waals surface area contributed by atoms with Gasteiger partial charge in [0, 0.05) is 12.6 Å². The molecule has 18 heavy (non-hydrogen) atoms. The van der Waals surface area contributed by atoms with E-state index in [2.05, 4.69) is 4.98 Å². The van der Waals surface area contributed by atoms with Crippen molar-refractivity contribution in [2.24, 2.45) is 7.05 Å². The Hall–Kier alpha value is -2.17. The molecule has 1 aromatic carbocycles. The van der Waals surface area contributed by atoms with Crippen LogP contribution in [0.4, 0.5) is 5.82 Å². The Morgan fingerprint density at radius 1 is 1.22 bits per heavy atom. The predicted octanol–water partition coefficient (Wildman–Crippen LogP) is 1.99. The van der Waals surface area contributed by atoms with E-state index in [9.17, 15) is 0 Å². The number of benzene rings is 1. The van der Waals surface area contributed by atoms with E-state index in [-0.39, 0.29) is 0 Å². The molecule has 0 radical (unpaired) electrons. The first kappa shape index (κ1) is 12.3. The Balaban J connectivity index is 2.64. The number of hydrogen-bond donors (Lipinski definition) is 1. The minimum Gasteiger partial charge on any atom is -0.497 e. The zero-order chi connectivity index (χ0) is 13.3. The molecule has 96 valence electrons. The van der Waals surface area contributed by atoms with Gasteiger partial charge in [-0.15, -0.1) is 0 Å². The van der Waals surface area contributed by atoms with Crippen LogP contribution in [0.15, 0.2) is 18.2 Å². The second kappa shape index (κ2) is 4.60. The molecule has 0 aliphatic rings. The molecule has 0 aliphatic carbocycles. The van der Waals surface area contributed by atoms with Crippen LogP contribution in [0.1, 0.15) is 5.82 Å². The number of aromatic nitrogens is 2. The topological polar surface area (TPSA) is 62.3 Å². The average molecular weight is 247 g/mol. The number of ether oxygens (including phenoxy) is 2. The molecule has 0 atom stereocenters. The van der Waals surface area contributed by atoms with Crippen molar-refractivity contribution < 1.29 is 9.47 Å². The fourth-order valence-corrected chi connectivity index (χ4v) is 1.82. The van der Waals surface area contributed by atoms with Crippen molar-refractivity contribution in [3.63, 3.8) is 0 Å². The Bertz CT molecular complexity index is 576. The summed E-state index contributed by atoms with van der Waals surface area (Å²) in [6.07, 6.45) is 0. The number of nitrogen functional groups attached to an aromatic ring is 1. The number of anilines is 1. The highest BCUT2D eigenvalue weighted by Gasteiger charge is 2.16. The summed E-state index contributed by atoms with van der Waals surface area (Å²) in [5.41, 5.74) is 7.60. The molecular weight excluding hydrogens is 230 g/mol. The normalized spacial score (nSPS) is 10.4. The second-order valence-electron chi connectivity index (χ2n) is 4.02. The van der Waals surface area contributed by atoms with E-state index < -0.39 is 0 Å². The number of rotatable bonds is 3. The quantitative estimate of drug-likeness (QED) is 0.901. The predicted molar refractivity (Wildman–Crippen MR) is 70.9 cm³/mol. The van der Waals surface area contributed by atoms with E-state index in [0.29, 0.717) is 11.5 Å². The van der Waals surface area contributed by atoms with Crippen molar-refractivity contribution in [2.45, 2.75) is 6.92 Å². The van der Waals surface area contributed by atoms with Gasteiger partial charge < -0.3 is 19.8 Å². The Labute approximate surface area is 106 Å². The SMILES string of the molecule is COc1ccc(OC)c(-c2nc(C)n(C)c2N)c1. The summed E-state index contributed by atoms with van der Waals surface area (Å²) >= 11 is 0. The molecule has 0 spiro atoms. The average Bonchev–Trinajstić information content (AvgIpc) is 2.65. The maximum Gasteiger partial charge on any atom is 0.131 e. The third-order valence-electron chi connectivity index (χ3n) is 3.02. The molecule has 2 rings (SSSR count). The lowest BCUT2D eigenvalue weighted by atomic mass is 10.1. The van der Waals surface area contributed by atoms with Crippen molar-refractivity contribution in [2.75, 3.05) is 20.0 Å². The van der Waals surface area contributed by atoms with Gasteiger partial charge in [0.15, 0.2) is 0 Å². The molecular formula is C13H17N3O2. The summed E-state index contributed by atoms with van der Waals surface area (Å²) in [6, 6.07) is 5.56. The Kier molecular flexibility index (Phi) is 3.14. The maximum absolute atomic E-state index is 6.05. The van der Waals surface area contributed by atoms with Crippen LogP contribution in [-0.2, 0) is 7.05 Å². The molecule has 1 aromatic heterocycles. The van der Waals surface area contributed by atoms with Gasteiger partial charge in [0.25, 0.3) is 0 Å². The molecule has 2 aromatic rings. The van der Waals surface area contributed by atoms with Crippen molar-refractivity contribution in [1.82, 2.24) is 9.55 Å². The van der Waals surface area contributed by atoms with Gasteiger partial charge >= 0.3 is 0 Å². The van der Waals surface area contributed by atoms with Crippen LogP contribution in [0.2, 0.25) is 0 Å². The lowest BCUT2D eigenvalue weighted by Crippen LogP contribution is -1.99. The number of methoxy groups -OCH3 is 2. The summed E-state index contributed by atoms with van der Waals surface area (Å²) in [6.45, 7) is 1.91. The minimum atomic E-state index is 0.610. The molecule has 0 fully saturated rings. The lowest BCUT2D eigenvalue weighted by Gasteiger charge is -2.09. The van der Waals surface area contributed by atoms with Crippen LogP contribution in [0, 0.1) is 6.92 Å². The molecule has 0 aliphatic heterocycles. The minimum absolute atomic E-state index is 0.610. The molecule has 0 unspecified atom stereocenters.